The van der Waals surface area contributed by atoms with E-state index in [0.29, 0.717) is 6.54 Å². The van der Waals surface area contributed by atoms with Crippen LogP contribution in [0.25, 0.3) is 0 Å². The zero-order valence-electron chi connectivity index (χ0n) is 10.9. The van der Waals surface area contributed by atoms with Gasteiger partial charge in [-0.25, -0.2) is 13.2 Å². The number of nitrogens with zero attached hydrogens (tertiary/aromatic N) is 1. The summed E-state index contributed by atoms with van der Waals surface area (Å²) in [6.07, 6.45) is 1.78. The lowest BCUT2D eigenvalue weighted by molar-refractivity contribution is -0.128. The van der Waals surface area contributed by atoms with Gasteiger partial charge in [0.25, 0.3) is 0 Å². The fraction of sp³-hybridized carbons (Fsp3) is 0.500. The number of rotatable bonds is 6. The van der Waals surface area contributed by atoms with Crippen LogP contribution in [0.5, 0.6) is 0 Å². The molecule has 1 aliphatic carbocycles. The fourth-order valence-corrected chi connectivity index (χ4v) is 3.07. The average molecular weight is 301 g/mol. The summed E-state index contributed by atoms with van der Waals surface area (Å²) in [6.45, 7) is 2.25. The van der Waals surface area contributed by atoms with Gasteiger partial charge in [-0.3, -0.25) is 4.79 Å². The van der Waals surface area contributed by atoms with Gasteiger partial charge in [0, 0.05) is 12.6 Å². The molecule has 0 radical (unpaired) electrons. The van der Waals surface area contributed by atoms with Crippen LogP contribution >= 0.6 is 0 Å². The van der Waals surface area contributed by atoms with Crippen LogP contribution in [-0.4, -0.2) is 48.6 Å². The van der Waals surface area contributed by atoms with Crippen molar-refractivity contribution in [3.63, 3.8) is 0 Å². The molecule has 0 saturated heterocycles. The smallest absolute Gasteiger partial charge is 0.371 e. The molecular formula is C12H15NO6S. The number of carboxylic acid groups (broad SMARTS) is 1. The molecule has 1 aliphatic rings. The van der Waals surface area contributed by atoms with Crippen LogP contribution in [0.1, 0.15) is 30.3 Å². The number of hydrogen-bond donors (Lipinski definition) is 1. The first-order valence-corrected chi connectivity index (χ1v) is 7.85. The molecule has 20 heavy (non-hydrogen) atoms. The monoisotopic (exact) mass is 301 g/mol. The number of furan rings is 1. The summed E-state index contributed by atoms with van der Waals surface area (Å²) in [5.41, 5.74) is 0. The van der Waals surface area contributed by atoms with E-state index >= 15 is 0 Å². The highest BCUT2D eigenvalue weighted by molar-refractivity contribution is 7.92. The van der Waals surface area contributed by atoms with Crippen LogP contribution in [0.4, 0.5) is 0 Å². The van der Waals surface area contributed by atoms with Crippen molar-refractivity contribution in [2.24, 2.45) is 0 Å². The van der Waals surface area contributed by atoms with E-state index in [9.17, 15) is 18.0 Å². The second-order valence-corrected chi connectivity index (χ2v) is 6.51. The molecule has 0 bridgehead atoms. The predicted molar refractivity (Wildman–Crippen MR) is 68.1 cm³/mol. The number of carboxylic acids is 1. The van der Waals surface area contributed by atoms with Gasteiger partial charge in [-0.2, -0.15) is 0 Å². The maximum absolute atomic E-state index is 12.0. The molecule has 0 aromatic carbocycles. The minimum atomic E-state index is -3.95. The first-order valence-electron chi connectivity index (χ1n) is 6.20. The highest BCUT2D eigenvalue weighted by Crippen LogP contribution is 2.27. The largest absolute Gasteiger partial charge is 0.475 e. The quantitative estimate of drug-likeness (QED) is 0.831. The van der Waals surface area contributed by atoms with Crippen molar-refractivity contribution in [1.82, 2.24) is 4.90 Å². The Morgan fingerprint density at radius 2 is 2.05 bits per heavy atom. The van der Waals surface area contributed by atoms with Gasteiger partial charge in [-0.15, -0.1) is 0 Å². The summed E-state index contributed by atoms with van der Waals surface area (Å²) in [5.74, 6) is -3.01. The molecule has 8 heteroatoms. The minimum Gasteiger partial charge on any atom is -0.475 e. The maximum Gasteiger partial charge on any atom is 0.371 e. The molecule has 1 saturated carbocycles. The van der Waals surface area contributed by atoms with Crippen LogP contribution in [0.15, 0.2) is 21.6 Å². The molecular weight excluding hydrogens is 286 g/mol. The standard InChI is InChI=1S/C12H15NO6S/c1-2-13(8-3-4-8)10(14)7-20(17,18)11-6-5-9(19-11)12(15)16/h5-6,8H,2-4,7H2,1H3,(H,15,16). The molecule has 7 nitrogen and oxygen atoms in total. The third-order valence-electron chi connectivity index (χ3n) is 3.06. The Morgan fingerprint density at radius 1 is 1.40 bits per heavy atom. The topological polar surface area (TPSA) is 105 Å². The summed E-state index contributed by atoms with van der Waals surface area (Å²) in [6, 6.07) is 2.24. The van der Waals surface area contributed by atoms with Gasteiger partial charge >= 0.3 is 5.97 Å². The Balaban J connectivity index is 2.13. The molecule has 0 aliphatic heterocycles. The Bertz CT molecular complexity index is 628. The summed E-state index contributed by atoms with van der Waals surface area (Å²) >= 11 is 0. The molecule has 1 heterocycles. The molecule has 1 fully saturated rings. The molecule has 0 spiro atoms. The summed E-state index contributed by atoms with van der Waals surface area (Å²) in [5, 5.41) is 8.20. The normalized spacial score (nSPS) is 15.1. The Labute approximate surface area is 116 Å². The number of sulfone groups is 1. The van der Waals surface area contributed by atoms with E-state index in [2.05, 4.69) is 0 Å². The molecule has 2 rings (SSSR count). The van der Waals surface area contributed by atoms with Crippen molar-refractivity contribution in [3.05, 3.63) is 17.9 Å². The van der Waals surface area contributed by atoms with Crippen LogP contribution < -0.4 is 0 Å². The fourth-order valence-electron chi connectivity index (χ4n) is 1.94. The van der Waals surface area contributed by atoms with Gasteiger partial charge in [-0.05, 0) is 31.9 Å². The summed E-state index contributed by atoms with van der Waals surface area (Å²) < 4.78 is 28.8. The van der Waals surface area contributed by atoms with Gasteiger partial charge in [0.05, 0.1) is 0 Å². The zero-order valence-corrected chi connectivity index (χ0v) is 11.7. The van der Waals surface area contributed by atoms with Gasteiger partial charge < -0.3 is 14.4 Å². The second-order valence-electron chi connectivity index (χ2n) is 4.59. The van der Waals surface area contributed by atoms with E-state index in [0.717, 1.165) is 25.0 Å². The van der Waals surface area contributed by atoms with Crippen molar-refractivity contribution in [2.45, 2.75) is 30.9 Å². The van der Waals surface area contributed by atoms with Crippen LogP contribution in [0, 0.1) is 0 Å². The molecule has 1 aromatic rings. The number of aromatic carboxylic acids is 1. The second kappa shape index (κ2) is 5.28. The zero-order chi connectivity index (χ0) is 14.9. The van der Waals surface area contributed by atoms with Crippen molar-refractivity contribution in [3.8, 4) is 0 Å². The Kier molecular flexibility index (Phi) is 3.85. The molecule has 0 atom stereocenters. The van der Waals surface area contributed by atoms with Crippen LogP contribution in [0.3, 0.4) is 0 Å². The van der Waals surface area contributed by atoms with Crippen molar-refractivity contribution in [2.75, 3.05) is 12.3 Å². The first-order chi connectivity index (χ1) is 9.35. The third-order valence-corrected chi connectivity index (χ3v) is 4.52. The lowest BCUT2D eigenvalue weighted by atomic mass is 10.4. The van der Waals surface area contributed by atoms with Crippen molar-refractivity contribution < 1.29 is 27.5 Å². The highest BCUT2D eigenvalue weighted by atomic mass is 32.2. The summed E-state index contributed by atoms with van der Waals surface area (Å²) in [4.78, 5) is 24.2. The van der Waals surface area contributed by atoms with E-state index < -0.39 is 38.3 Å². The average Bonchev–Trinajstić information content (AvgIpc) is 3.04. The number of carbonyl (C=O) groups excluding carboxylic acids is 1. The minimum absolute atomic E-state index is 0.133. The molecule has 0 unspecified atom stereocenters. The van der Waals surface area contributed by atoms with E-state index in [-0.39, 0.29) is 6.04 Å². The SMILES string of the molecule is CCN(C(=O)CS(=O)(=O)c1ccc(C(=O)O)o1)C1CC1. The predicted octanol–water partition coefficient (Wildman–Crippen LogP) is 0.762. The van der Waals surface area contributed by atoms with Crippen molar-refractivity contribution >= 4 is 21.7 Å². The van der Waals surface area contributed by atoms with E-state index in [1.165, 1.54) is 4.90 Å². The Hall–Kier alpha value is -1.83. The third kappa shape index (κ3) is 3.01. The van der Waals surface area contributed by atoms with Gasteiger partial charge in [-0.1, -0.05) is 0 Å². The van der Waals surface area contributed by atoms with Crippen LogP contribution in [0.2, 0.25) is 0 Å². The van der Waals surface area contributed by atoms with Gasteiger partial charge in [0.1, 0.15) is 5.75 Å². The molecule has 110 valence electrons. The van der Waals surface area contributed by atoms with E-state index in [1.807, 2.05) is 0 Å². The summed E-state index contributed by atoms with van der Waals surface area (Å²) in [7, 11) is -3.95. The maximum atomic E-state index is 12.0. The Morgan fingerprint density at radius 3 is 2.50 bits per heavy atom. The van der Waals surface area contributed by atoms with Gasteiger partial charge in [0.15, 0.2) is 0 Å². The lowest BCUT2D eigenvalue weighted by Crippen LogP contribution is -2.37. The molecule has 1 N–H and O–H groups in total. The lowest BCUT2D eigenvalue weighted by Gasteiger charge is -2.19. The molecule has 1 amide bonds. The molecule has 1 aromatic heterocycles. The number of amides is 1. The first kappa shape index (κ1) is 14.6. The van der Waals surface area contributed by atoms with E-state index in [1.54, 1.807) is 6.92 Å². The number of hydrogen-bond acceptors (Lipinski definition) is 5. The van der Waals surface area contributed by atoms with Gasteiger partial charge in [0.2, 0.25) is 26.6 Å². The van der Waals surface area contributed by atoms with E-state index in [4.69, 9.17) is 9.52 Å². The highest BCUT2D eigenvalue weighted by Gasteiger charge is 2.34. The number of carbonyl (C=O) groups is 2. The van der Waals surface area contributed by atoms with Crippen molar-refractivity contribution in [1.29, 1.82) is 0 Å². The van der Waals surface area contributed by atoms with Crippen LogP contribution in [-0.2, 0) is 14.6 Å².